The van der Waals surface area contributed by atoms with Crippen molar-refractivity contribution in [3.63, 3.8) is 0 Å². The normalized spacial score (nSPS) is 18.6. The second-order valence-electron chi connectivity index (χ2n) is 5.23. The first-order valence-electron chi connectivity index (χ1n) is 7.05. The number of halogens is 1. The molecule has 0 heterocycles. The van der Waals surface area contributed by atoms with E-state index in [1.54, 1.807) is 0 Å². The highest BCUT2D eigenvalue weighted by Crippen LogP contribution is 2.38. The van der Waals surface area contributed by atoms with E-state index in [1.165, 1.54) is 12.8 Å². The molecule has 0 amide bonds. The van der Waals surface area contributed by atoms with E-state index in [0.29, 0.717) is 12.6 Å². The van der Waals surface area contributed by atoms with E-state index < -0.39 is 0 Å². The summed E-state index contributed by atoms with van der Waals surface area (Å²) in [6.07, 6.45) is 3.28. The number of aliphatic hydroxyl groups is 1. The number of hydrogen-bond acceptors (Lipinski definition) is 3. The molecule has 1 aliphatic rings. The summed E-state index contributed by atoms with van der Waals surface area (Å²) < 4.78 is 0. The molecule has 19 heavy (non-hydrogen) atoms. The first-order chi connectivity index (χ1) is 9.19. The molecule has 0 radical (unpaired) electrons. The first-order valence-corrected chi connectivity index (χ1v) is 7.43. The summed E-state index contributed by atoms with van der Waals surface area (Å²) in [4.78, 5) is 2.33. The van der Waals surface area contributed by atoms with Crippen LogP contribution in [0.4, 0.5) is 0 Å². The van der Waals surface area contributed by atoms with Gasteiger partial charge in [-0.15, -0.1) is 0 Å². The fourth-order valence-corrected chi connectivity index (χ4v) is 2.91. The van der Waals surface area contributed by atoms with Gasteiger partial charge in [0.05, 0.1) is 12.6 Å². The standard InChI is InChI=1S/C15H23ClN2O/c1-2-14(17)15(12-5-3-4-6-13(12)16)18(9-10-19)11-7-8-11/h3-6,11,14-15,19H,2,7-10,17H2,1H3. The monoisotopic (exact) mass is 282 g/mol. The average molecular weight is 283 g/mol. The van der Waals surface area contributed by atoms with Gasteiger partial charge in [0.15, 0.2) is 0 Å². The molecule has 1 fully saturated rings. The van der Waals surface area contributed by atoms with Crippen molar-refractivity contribution in [3.8, 4) is 0 Å². The molecule has 2 unspecified atom stereocenters. The fraction of sp³-hybridized carbons (Fsp3) is 0.600. The zero-order valence-corrected chi connectivity index (χ0v) is 12.2. The molecule has 4 heteroatoms. The van der Waals surface area contributed by atoms with Crippen LogP contribution in [0.3, 0.4) is 0 Å². The van der Waals surface area contributed by atoms with Gasteiger partial charge in [-0.05, 0) is 30.9 Å². The molecule has 3 nitrogen and oxygen atoms in total. The van der Waals surface area contributed by atoms with Crippen molar-refractivity contribution in [2.24, 2.45) is 5.73 Å². The van der Waals surface area contributed by atoms with Gasteiger partial charge in [-0.3, -0.25) is 4.90 Å². The number of nitrogens with zero attached hydrogens (tertiary/aromatic N) is 1. The third-order valence-electron chi connectivity index (χ3n) is 3.83. The Kier molecular flexibility index (Phi) is 5.22. The quantitative estimate of drug-likeness (QED) is 0.808. The van der Waals surface area contributed by atoms with E-state index >= 15 is 0 Å². The van der Waals surface area contributed by atoms with Crippen LogP contribution in [-0.2, 0) is 0 Å². The summed E-state index contributed by atoms with van der Waals surface area (Å²) in [6, 6.07) is 8.58. The Morgan fingerprint density at radius 3 is 2.63 bits per heavy atom. The third kappa shape index (κ3) is 3.48. The summed E-state index contributed by atoms with van der Waals surface area (Å²) in [6.45, 7) is 2.92. The second kappa shape index (κ2) is 6.71. The van der Waals surface area contributed by atoms with Crippen LogP contribution in [0.15, 0.2) is 24.3 Å². The zero-order chi connectivity index (χ0) is 13.8. The number of hydrogen-bond donors (Lipinski definition) is 2. The predicted molar refractivity (Wildman–Crippen MR) is 79.3 cm³/mol. The van der Waals surface area contributed by atoms with Crippen LogP contribution < -0.4 is 5.73 Å². The molecule has 0 aliphatic heterocycles. The number of aliphatic hydroxyl groups excluding tert-OH is 1. The lowest BCUT2D eigenvalue weighted by Crippen LogP contribution is -2.43. The Bertz CT molecular complexity index is 409. The molecule has 1 aromatic rings. The van der Waals surface area contributed by atoms with Gasteiger partial charge in [-0.1, -0.05) is 36.7 Å². The lowest BCUT2D eigenvalue weighted by molar-refractivity contribution is 0.124. The Hall–Kier alpha value is -0.610. The average Bonchev–Trinajstić information content (AvgIpc) is 3.24. The number of nitrogens with two attached hydrogens (primary N) is 1. The molecule has 0 aromatic heterocycles. The van der Waals surface area contributed by atoms with E-state index in [9.17, 15) is 5.11 Å². The van der Waals surface area contributed by atoms with Crippen LogP contribution in [-0.4, -0.2) is 35.2 Å². The molecule has 0 spiro atoms. The summed E-state index contributed by atoms with van der Waals surface area (Å²) in [5.41, 5.74) is 7.42. The van der Waals surface area contributed by atoms with E-state index in [4.69, 9.17) is 17.3 Å². The van der Waals surface area contributed by atoms with Crippen LogP contribution in [0.2, 0.25) is 5.02 Å². The highest BCUT2D eigenvalue weighted by atomic mass is 35.5. The molecular formula is C15H23ClN2O. The van der Waals surface area contributed by atoms with Crippen LogP contribution in [0.1, 0.15) is 37.8 Å². The first kappa shape index (κ1) is 14.8. The maximum absolute atomic E-state index is 9.32. The molecule has 2 rings (SSSR count). The van der Waals surface area contributed by atoms with Gasteiger partial charge < -0.3 is 10.8 Å². The minimum Gasteiger partial charge on any atom is -0.395 e. The van der Waals surface area contributed by atoms with Gasteiger partial charge in [-0.2, -0.15) is 0 Å². The van der Waals surface area contributed by atoms with Crippen molar-refractivity contribution in [2.45, 2.75) is 44.3 Å². The molecule has 2 atom stereocenters. The van der Waals surface area contributed by atoms with Gasteiger partial charge in [0, 0.05) is 23.7 Å². The van der Waals surface area contributed by atoms with Gasteiger partial charge in [0.1, 0.15) is 0 Å². The van der Waals surface area contributed by atoms with Gasteiger partial charge >= 0.3 is 0 Å². The predicted octanol–water partition coefficient (Wildman–Crippen LogP) is 2.58. The lowest BCUT2D eigenvalue weighted by atomic mass is 9.96. The minimum absolute atomic E-state index is 0.0343. The van der Waals surface area contributed by atoms with E-state index in [2.05, 4.69) is 17.9 Å². The topological polar surface area (TPSA) is 49.5 Å². The Balaban J connectivity index is 2.31. The van der Waals surface area contributed by atoms with E-state index in [0.717, 1.165) is 17.0 Å². The van der Waals surface area contributed by atoms with Gasteiger partial charge in [0.25, 0.3) is 0 Å². The third-order valence-corrected chi connectivity index (χ3v) is 4.18. The Morgan fingerprint density at radius 2 is 2.11 bits per heavy atom. The van der Waals surface area contributed by atoms with E-state index in [1.807, 2.05) is 18.2 Å². The van der Waals surface area contributed by atoms with Gasteiger partial charge in [-0.25, -0.2) is 0 Å². The molecular weight excluding hydrogens is 260 g/mol. The van der Waals surface area contributed by atoms with Crippen LogP contribution in [0.5, 0.6) is 0 Å². The molecule has 1 saturated carbocycles. The van der Waals surface area contributed by atoms with Crippen LogP contribution in [0.25, 0.3) is 0 Å². The Morgan fingerprint density at radius 1 is 1.42 bits per heavy atom. The van der Waals surface area contributed by atoms with Crippen molar-refractivity contribution in [1.82, 2.24) is 4.90 Å². The fourth-order valence-electron chi connectivity index (χ4n) is 2.66. The number of benzene rings is 1. The highest BCUT2D eigenvalue weighted by Gasteiger charge is 2.37. The summed E-state index contributed by atoms with van der Waals surface area (Å²) in [5, 5.41) is 10.1. The molecule has 1 aromatic carbocycles. The van der Waals surface area contributed by atoms with Crippen molar-refractivity contribution < 1.29 is 5.11 Å². The summed E-state index contributed by atoms with van der Waals surface area (Å²) in [5.74, 6) is 0. The molecule has 0 bridgehead atoms. The van der Waals surface area contributed by atoms with Crippen molar-refractivity contribution in [1.29, 1.82) is 0 Å². The SMILES string of the molecule is CCC(N)C(c1ccccc1Cl)N(CCO)C1CC1. The maximum atomic E-state index is 9.32. The van der Waals surface area contributed by atoms with Crippen LogP contribution in [0, 0.1) is 0 Å². The Labute approximate surface area is 120 Å². The molecule has 1 aliphatic carbocycles. The number of rotatable bonds is 7. The van der Waals surface area contributed by atoms with Crippen LogP contribution >= 0.6 is 11.6 Å². The molecule has 3 N–H and O–H groups in total. The minimum atomic E-state index is 0.0343. The zero-order valence-electron chi connectivity index (χ0n) is 11.4. The van der Waals surface area contributed by atoms with Crippen molar-refractivity contribution in [2.75, 3.05) is 13.2 Å². The van der Waals surface area contributed by atoms with Crippen molar-refractivity contribution >= 4 is 11.6 Å². The summed E-state index contributed by atoms with van der Waals surface area (Å²) >= 11 is 6.34. The smallest absolute Gasteiger partial charge is 0.0558 e. The molecule has 106 valence electrons. The highest BCUT2D eigenvalue weighted by molar-refractivity contribution is 6.31. The molecule has 0 saturated heterocycles. The lowest BCUT2D eigenvalue weighted by Gasteiger charge is -2.36. The largest absolute Gasteiger partial charge is 0.395 e. The van der Waals surface area contributed by atoms with Crippen molar-refractivity contribution in [3.05, 3.63) is 34.9 Å². The summed E-state index contributed by atoms with van der Waals surface area (Å²) in [7, 11) is 0. The maximum Gasteiger partial charge on any atom is 0.0558 e. The van der Waals surface area contributed by atoms with E-state index in [-0.39, 0.29) is 18.7 Å². The van der Waals surface area contributed by atoms with Gasteiger partial charge in [0.2, 0.25) is 0 Å². The second-order valence-corrected chi connectivity index (χ2v) is 5.64.